The van der Waals surface area contributed by atoms with E-state index in [1.165, 1.54) is 6.20 Å². The molecule has 1 amide bonds. The van der Waals surface area contributed by atoms with Gasteiger partial charge in [-0.25, -0.2) is 9.78 Å². The number of amides is 1. The van der Waals surface area contributed by atoms with Crippen molar-refractivity contribution in [3.8, 4) is 11.1 Å². The van der Waals surface area contributed by atoms with Crippen LogP contribution in [0.2, 0.25) is 0 Å². The van der Waals surface area contributed by atoms with Crippen LogP contribution in [0.25, 0.3) is 22.2 Å². The molecule has 9 nitrogen and oxygen atoms in total. The average molecular weight is 444 g/mol. The van der Waals surface area contributed by atoms with E-state index >= 15 is 0 Å². The summed E-state index contributed by atoms with van der Waals surface area (Å²) in [5.74, 6) is 0.216. The standard InChI is InChI=1S/C24H24N6O3/c1-29(2)15-14-26-23(31)18-7-5-16(6-8-18)17-9-11-19(12-10-17)27-21-20-4-3-13-25-22(20)30(33)24(32)28-21/h3-13,33H,14-15H2,1-2H3,(H,26,31)(H,27,28,32). The van der Waals surface area contributed by atoms with Gasteiger partial charge in [0.15, 0.2) is 5.65 Å². The van der Waals surface area contributed by atoms with Crippen LogP contribution in [0.4, 0.5) is 11.5 Å². The number of hydrogen-bond donors (Lipinski definition) is 3. The van der Waals surface area contributed by atoms with Gasteiger partial charge < -0.3 is 20.7 Å². The van der Waals surface area contributed by atoms with E-state index in [0.717, 1.165) is 23.4 Å². The molecule has 0 aliphatic heterocycles. The van der Waals surface area contributed by atoms with Gasteiger partial charge in [-0.1, -0.05) is 24.3 Å². The first-order chi connectivity index (χ1) is 15.9. The van der Waals surface area contributed by atoms with E-state index in [1.807, 2.05) is 55.4 Å². The monoisotopic (exact) mass is 444 g/mol. The summed E-state index contributed by atoms with van der Waals surface area (Å²) in [4.78, 5) is 34.1. The van der Waals surface area contributed by atoms with Crippen LogP contribution in [-0.4, -0.2) is 57.9 Å². The molecular weight excluding hydrogens is 420 g/mol. The minimum Gasteiger partial charge on any atom is -0.422 e. The fourth-order valence-electron chi connectivity index (χ4n) is 3.33. The Morgan fingerprint density at radius 1 is 1.03 bits per heavy atom. The summed E-state index contributed by atoms with van der Waals surface area (Å²) in [6, 6.07) is 18.4. The van der Waals surface area contributed by atoms with Crippen LogP contribution >= 0.6 is 0 Å². The number of anilines is 2. The number of nitrogens with zero attached hydrogens (tertiary/aromatic N) is 4. The normalized spacial score (nSPS) is 11.0. The minimum absolute atomic E-state index is 0.0954. The van der Waals surface area contributed by atoms with Gasteiger partial charge in [0.1, 0.15) is 5.82 Å². The topological polar surface area (TPSA) is 112 Å². The summed E-state index contributed by atoms with van der Waals surface area (Å²) < 4.78 is 0.426. The van der Waals surface area contributed by atoms with E-state index in [-0.39, 0.29) is 11.6 Å². The Labute approximate surface area is 190 Å². The highest BCUT2D eigenvalue weighted by Crippen LogP contribution is 2.25. The number of nitrogens with one attached hydrogen (secondary N) is 2. The zero-order valence-corrected chi connectivity index (χ0v) is 18.3. The molecule has 0 aliphatic rings. The van der Waals surface area contributed by atoms with Crippen LogP contribution in [0.3, 0.4) is 0 Å². The highest BCUT2D eigenvalue weighted by atomic mass is 16.5. The van der Waals surface area contributed by atoms with Gasteiger partial charge in [0.05, 0.1) is 5.39 Å². The average Bonchev–Trinajstić information content (AvgIpc) is 2.83. The molecule has 0 saturated heterocycles. The fraction of sp³-hybridized carbons (Fsp3) is 0.167. The zero-order chi connectivity index (χ0) is 23.4. The molecule has 0 spiro atoms. The molecule has 0 unspecified atom stereocenters. The van der Waals surface area contributed by atoms with Crippen LogP contribution in [0, 0.1) is 0 Å². The van der Waals surface area contributed by atoms with Crippen LogP contribution in [0.1, 0.15) is 10.4 Å². The van der Waals surface area contributed by atoms with E-state index in [2.05, 4.69) is 20.6 Å². The van der Waals surface area contributed by atoms with Crippen molar-refractivity contribution in [1.29, 1.82) is 0 Å². The van der Waals surface area contributed by atoms with Crippen LogP contribution in [0.5, 0.6) is 0 Å². The lowest BCUT2D eigenvalue weighted by Gasteiger charge is -2.11. The molecular formula is C24H24N6O3. The molecule has 2 heterocycles. The number of rotatable bonds is 7. The fourth-order valence-corrected chi connectivity index (χ4v) is 3.33. The number of hydrogen-bond acceptors (Lipinski definition) is 7. The van der Waals surface area contributed by atoms with Crippen LogP contribution < -0.4 is 16.3 Å². The van der Waals surface area contributed by atoms with E-state index in [9.17, 15) is 14.8 Å². The van der Waals surface area contributed by atoms with Crippen molar-refractivity contribution in [1.82, 2.24) is 24.9 Å². The number of carbonyl (C=O) groups excluding carboxylic acids is 1. The number of carbonyl (C=O) groups is 1. The molecule has 0 fully saturated rings. The lowest BCUT2D eigenvalue weighted by molar-refractivity contribution is 0.0951. The molecule has 0 bridgehead atoms. The van der Waals surface area contributed by atoms with Gasteiger partial charge in [0.25, 0.3) is 5.91 Å². The van der Waals surface area contributed by atoms with E-state index < -0.39 is 5.69 Å². The highest BCUT2D eigenvalue weighted by molar-refractivity contribution is 5.94. The second kappa shape index (κ2) is 9.49. The largest absolute Gasteiger partial charge is 0.422 e. The maximum Gasteiger partial charge on any atom is 0.384 e. The van der Waals surface area contributed by atoms with Gasteiger partial charge in [-0.15, -0.1) is 4.73 Å². The SMILES string of the molecule is CN(C)CCNC(=O)c1ccc(-c2ccc(Nc3nc(=O)n(O)c4ncccc34)cc2)cc1. The molecule has 0 radical (unpaired) electrons. The molecule has 0 aliphatic carbocycles. The van der Waals surface area contributed by atoms with E-state index in [4.69, 9.17) is 0 Å². The third kappa shape index (κ3) is 4.99. The molecule has 4 aromatic rings. The molecule has 3 N–H and O–H groups in total. The van der Waals surface area contributed by atoms with Crippen molar-refractivity contribution in [2.45, 2.75) is 0 Å². The molecule has 2 aromatic heterocycles. The number of fused-ring (bicyclic) bond motifs is 1. The summed E-state index contributed by atoms with van der Waals surface area (Å²) in [6.45, 7) is 1.38. The quantitative estimate of drug-likeness (QED) is 0.376. The molecule has 0 atom stereocenters. The molecule has 9 heteroatoms. The number of likely N-dealkylation sites (N-methyl/N-ethyl adjacent to an activating group) is 1. The Morgan fingerprint density at radius 2 is 1.70 bits per heavy atom. The Hall–Kier alpha value is -4.24. The van der Waals surface area contributed by atoms with Crippen molar-refractivity contribution >= 4 is 28.4 Å². The van der Waals surface area contributed by atoms with Crippen molar-refractivity contribution in [3.63, 3.8) is 0 Å². The van der Waals surface area contributed by atoms with Crippen molar-refractivity contribution in [3.05, 3.63) is 82.9 Å². The third-order valence-corrected chi connectivity index (χ3v) is 5.10. The molecule has 2 aromatic carbocycles. The molecule has 0 saturated carbocycles. The summed E-state index contributed by atoms with van der Waals surface area (Å²) in [6.07, 6.45) is 1.49. The minimum atomic E-state index is -0.814. The lowest BCUT2D eigenvalue weighted by atomic mass is 10.0. The smallest absolute Gasteiger partial charge is 0.384 e. The third-order valence-electron chi connectivity index (χ3n) is 5.10. The Morgan fingerprint density at radius 3 is 2.36 bits per heavy atom. The van der Waals surface area contributed by atoms with Gasteiger partial charge in [0, 0.05) is 30.5 Å². The van der Waals surface area contributed by atoms with E-state index in [0.29, 0.717) is 28.0 Å². The van der Waals surface area contributed by atoms with Crippen molar-refractivity contribution < 1.29 is 10.0 Å². The molecule has 168 valence electrons. The zero-order valence-electron chi connectivity index (χ0n) is 18.3. The first-order valence-electron chi connectivity index (χ1n) is 10.4. The maximum absolute atomic E-state index is 12.2. The van der Waals surface area contributed by atoms with Gasteiger partial charge >= 0.3 is 5.69 Å². The van der Waals surface area contributed by atoms with Gasteiger partial charge in [0.2, 0.25) is 0 Å². The number of benzene rings is 2. The van der Waals surface area contributed by atoms with Gasteiger partial charge in [-0.2, -0.15) is 4.98 Å². The predicted octanol–water partition coefficient (Wildman–Crippen LogP) is 2.73. The van der Waals surface area contributed by atoms with Crippen molar-refractivity contribution in [2.24, 2.45) is 0 Å². The summed E-state index contributed by atoms with van der Waals surface area (Å²) in [7, 11) is 3.92. The van der Waals surface area contributed by atoms with Gasteiger partial charge in [-0.3, -0.25) is 4.79 Å². The Kier molecular flexibility index (Phi) is 6.32. The first kappa shape index (κ1) is 22.0. The predicted molar refractivity (Wildman–Crippen MR) is 127 cm³/mol. The Balaban J connectivity index is 1.48. The highest BCUT2D eigenvalue weighted by Gasteiger charge is 2.11. The van der Waals surface area contributed by atoms with Crippen LogP contribution in [-0.2, 0) is 0 Å². The number of aromatic nitrogens is 3. The second-order valence-electron chi connectivity index (χ2n) is 7.77. The lowest BCUT2D eigenvalue weighted by Crippen LogP contribution is -2.31. The first-order valence-corrected chi connectivity index (χ1v) is 10.4. The van der Waals surface area contributed by atoms with Gasteiger partial charge in [-0.05, 0) is 61.6 Å². The van der Waals surface area contributed by atoms with Crippen molar-refractivity contribution in [2.75, 3.05) is 32.5 Å². The molecule has 4 rings (SSSR count). The molecule has 33 heavy (non-hydrogen) atoms. The number of pyridine rings is 1. The summed E-state index contributed by atoms with van der Waals surface area (Å²) in [5, 5.41) is 16.4. The summed E-state index contributed by atoms with van der Waals surface area (Å²) >= 11 is 0. The summed E-state index contributed by atoms with van der Waals surface area (Å²) in [5.41, 5.74) is 2.60. The van der Waals surface area contributed by atoms with Crippen LogP contribution in [0.15, 0.2) is 71.7 Å². The van der Waals surface area contributed by atoms with E-state index in [1.54, 1.807) is 24.3 Å². The Bertz CT molecular complexity index is 1330. The second-order valence-corrected chi connectivity index (χ2v) is 7.77. The maximum atomic E-state index is 12.2.